The largest absolute Gasteiger partial charge is 0.387 e. The smallest absolute Gasteiger partial charge is 0.0981 e. The molecule has 3 aromatic rings. The molecule has 0 radical (unpaired) electrons. The second kappa shape index (κ2) is 6.38. The highest BCUT2D eigenvalue weighted by Gasteiger charge is 2.37. The van der Waals surface area contributed by atoms with Gasteiger partial charge in [-0.2, -0.15) is 5.10 Å². The Bertz CT molecular complexity index is 830. The highest BCUT2D eigenvalue weighted by molar-refractivity contribution is 5.61. The Balaban J connectivity index is 1.48. The molecular formula is C17H21N7O. The molecule has 1 aliphatic heterocycles. The molecule has 1 aliphatic rings. The third-order valence-corrected chi connectivity index (χ3v) is 4.59. The summed E-state index contributed by atoms with van der Waals surface area (Å²) in [6.07, 6.45) is 9.74. The quantitative estimate of drug-likeness (QED) is 0.737. The molecule has 130 valence electrons. The van der Waals surface area contributed by atoms with Gasteiger partial charge in [-0.05, 0) is 18.6 Å². The van der Waals surface area contributed by atoms with Crippen molar-refractivity contribution in [1.29, 1.82) is 0 Å². The molecule has 0 saturated carbocycles. The standard InChI is InChI=1S/C17H21N7O/c1-22-10-15(16(20-22)14-2-5-18-6-3-14)11-23-8-4-17(25,12-23)13-24-9-7-19-21-24/h2-3,5-7,9-10,25H,4,8,11-13H2,1H3. The monoisotopic (exact) mass is 339 g/mol. The molecule has 0 aromatic carbocycles. The van der Waals surface area contributed by atoms with E-state index in [0.717, 1.165) is 36.3 Å². The molecular weight excluding hydrogens is 318 g/mol. The summed E-state index contributed by atoms with van der Waals surface area (Å²) in [5.41, 5.74) is 2.41. The predicted molar refractivity (Wildman–Crippen MR) is 91.3 cm³/mol. The Labute approximate surface area is 145 Å². The molecule has 1 atom stereocenters. The molecule has 4 rings (SSSR count). The van der Waals surface area contributed by atoms with E-state index in [1.54, 1.807) is 29.5 Å². The maximum Gasteiger partial charge on any atom is 0.0981 e. The van der Waals surface area contributed by atoms with Crippen LogP contribution < -0.4 is 0 Å². The molecule has 1 N–H and O–H groups in total. The van der Waals surface area contributed by atoms with Crippen molar-refractivity contribution in [2.75, 3.05) is 13.1 Å². The van der Waals surface area contributed by atoms with Crippen LogP contribution >= 0.6 is 0 Å². The maximum atomic E-state index is 10.8. The summed E-state index contributed by atoms with van der Waals surface area (Å²) in [6.45, 7) is 2.67. The Morgan fingerprint density at radius 3 is 2.84 bits per heavy atom. The Kier molecular flexibility index (Phi) is 4.06. The Hall–Kier alpha value is -2.58. The van der Waals surface area contributed by atoms with Gasteiger partial charge in [0.05, 0.1) is 24.0 Å². The van der Waals surface area contributed by atoms with Gasteiger partial charge < -0.3 is 5.11 Å². The molecule has 0 spiro atoms. The first-order chi connectivity index (χ1) is 12.1. The Morgan fingerprint density at radius 2 is 2.08 bits per heavy atom. The number of likely N-dealkylation sites (tertiary alicyclic amines) is 1. The van der Waals surface area contributed by atoms with Crippen LogP contribution in [0.2, 0.25) is 0 Å². The van der Waals surface area contributed by atoms with E-state index in [-0.39, 0.29) is 0 Å². The topological polar surface area (TPSA) is 84.9 Å². The van der Waals surface area contributed by atoms with Gasteiger partial charge in [-0.3, -0.25) is 14.6 Å². The lowest BCUT2D eigenvalue weighted by Gasteiger charge is -2.23. The third kappa shape index (κ3) is 3.45. The third-order valence-electron chi connectivity index (χ3n) is 4.59. The first kappa shape index (κ1) is 15.9. The van der Waals surface area contributed by atoms with Crippen LogP contribution in [0.25, 0.3) is 11.3 Å². The van der Waals surface area contributed by atoms with Crippen molar-refractivity contribution in [3.05, 3.63) is 48.7 Å². The fourth-order valence-electron chi connectivity index (χ4n) is 3.47. The first-order valence-corrected chi connectivity index (χ1v) is 8.33. The average molecular weight is 339 g/mol. The molecule has 1 unspecified atom stereocenters. The van der Waals surface area contributed by atoms with E-state index >= 15 is 0 Å². The molecule has 1 saturated heterocycles. The minimum absolute atomic E-state index is 0.466. The number of hydrogen-bond acceptors (Lipinski definition) is 6. The summed E-state index contributed by atoms with van der Waals surface area (Å²) >= 11 is 0. The minimum atomic E-state index is -0.771. The molecule has 1 fully saturated rings. The molecule has 0 amide bonds. The van der Waals surface area contributed by atoms with Gasteiger partial charge in [0.25, 0.3) is 0 Å². The maximum absolute atomic E-state index is 10.8. The van der Waals surface area contributed by atoms with E-state index in [1.165, 1.54) is 0 Å². The van der Waals surface area contributed by atoms with Crippen molar-refractivity contribution >= 4 is 0 Å². The van der Waals surface area contributed by atoms with Crippen molar-refractivity contribution in [3.8, 4) is 11.3 Å². The van der Waals surface area contributed by atoms with Crippen molar-refractivity contribution in [1.82, 2.24) is 34.7 Å². The van der Waals surface area contributed by atoms with Gasteiger partial charge in [-0.15, -0.1) is 5.10 Å². The summed E-state index contributed by atoms with van der Waals surface area (Å²) in [5, 5.41) is 23.2. The van der Waals surface area contributed by atoms with Crippen LogP contribution in [0.5, 0.6) is 0 Å². The number of nitrogens with zero attached hydrogens (tertiary/aromatic N) is 7. The highest BCUT2D eigenvalue weighted by atomic mass is 16.3. The van der Waals surface area contributed by atoms with Crippen LogP contribution in [0.3, 0.4) is 0 Å². The van der Waals surface area contributed by atoms with E-state index in [4.69, 9.17) is 0 Å². The molecule has 4 heterocycles. The minimum Gasteiger partial charge on any atom is -0.387 e. The number of aromatic nitrogens is 6. The number of pyridine rings is 1. The van der Waals surface area contributed by atoms with Gasteiger partial charge in [0.2, 0.25) is 0 Å². The van der Waals surface area contributed by atoms with Gasteiger partial charge in [0.1, 0.15) is 0 Å². The van der Waals surface area contributed by atoms with Crippen LogP contribution in [0, 0.1) is 0 Å². The second-order valence-electron chi connectivity index (χ2n) is 6.70. The zero-order valence-electron chi connectivity index (χ0n) is 14.2. The Morgan fingerprint density at radius 1 is 1.24 bits per heavy atom. The van der Waals surface area contributed by atoms with Gasteiger partial charge in [-0.1, -0.05) is 5.21 Å². The van der Waals surface area contributed by atoms with Crippen LogP contribution in [-0.2, 0) is 20.1 Å². The van der Waals surface area contributed by atoms with Crippen molar-refractivity contribution in [2.24, 2.45) is 7.05 Å². The van der Waals surface area contributed by atoms with Crippen LogP contribution in [0.15, 0.2) is 43.1 Å². The highest BCUT2D eigenvalue weighted by Crippen LogP contribution is 2.27. The van der Waals surface area contributed by atoms with Crippen molar-refractivity contribution in [3.63, 3.8) is 0 Å². The van der Waals surface area contributed by atoms with Gasteiger partial charge in [-0.25, -0.2) is 4.68 Å². The predicted octanol–water partition coefficient (Wildman–Crippen LogP) is 0.711. The summed E-state index contributed by atoms with van der Waals surface area (Å²) in [4.78, 5) is 6.34. The first-order valence-electron chi connectivity index (χ1n) is 8.33. The van der Waals surface area contributed by atoms with E-state index in [9.17, 15) is 5.11 Å². The SMILES string of the molecule is Cn1cc(CN2CCC(O)(Cn3ccnn3)C2)c(-c2ccncc2)n1. The number of rotatable bonds is 5. The van der Waals surface area contributed by atoms with Gasteiger partial charge in [0.15, 0.2) is 0 Å². The number of aliphatic hydroxyl groups is 1. The van der Waals surface area contributed by atoms with E-state index in [2.05, 4.69) is 25.3 Å². The summed E-state index contributed by atoms with van der Waals surface area (Å²) in [7, 11) is 1.93. The fraction of sp³-hybridized carbons (Fsp3) is 0.412. The zero-order chi connectivity index (χ0) is 17.3. The van der Waals surface area contributed by atoms with Gasteiger partial charge >= 0.3 is 0 Å². The normalized spacial score (nSPS) is 21.0. The molecule has 8 nitrogen and oxygen atoms in total. The van der Waals surface area contributed by atoms with Crippen LogP contribution in [-0.4, -0.2) is 58.5 Å². The van der Waals surface area contributed by atoms with Crippen LogP contribution in [0.4, 0.5) is 0 Å². The summed E-state index contributed by atoms with van der Waals surface area (Å²) in [6, 6.07) is 3.94. The van der Waals surface area contributed by atoms with Crippen molar-refractivity contribution < 1.29 is 5.11 Å². The second-order valence-corrected chi connectivity index (χ2v) is 6.70. The van der Waals surface area contributed by atoms with Crippen LogP contribution in [0.1, 0.15) is 12.0 Å². The lowest BCUT2D eigenvalue weighted by atomic mass is 10.0. The fourth-order valence-corrected chi connectivity index (χ4v) is 3.47. The molecule has 0 bridgehead atoms. The van der Waals surface area contributed by atoms with E-state index in [1.807, 2.05) is 30.1 Å². The zero-order valence-corrected chi connectivity index (χ0v) is 14.2. The molecule has 0 aliphatic carbocycles. The van der Waals surface area contributed by atoms with Gasteiger partial charge in [0, 0.05) is 62.6 Å². The summed E-state index contributed by atoms with van der Waals surface area (Å²) < 4.78 is 3.53. The lowest BCUT2D eigenvalue weighted by Crippen LogP contribution is -2.37. The van der Waals surface area contributed by atoms with E-state index in [0.29, 0.717) is 13.1 Å². The number of aryl methyl sites for hydroxylation is 1. The van der Waals surface area contributed by atoms with Crippen molar-refractivity contribution in [2.45, 2.75) is 25.1 Å². The molecule has 3 aromatic heterocycles. The number of hydrogen-bond donors (Lipinski definition) is 1. The lowest BCUT2D eigenvalue weighted by molar-refractivity contribution is 0.0274. The average Bonchev–Trinajstić information content (AvgIpc) is 3.31. The summed E-state index contributed by atoms with van der Waals surface area (Å²) in [5.74, 6) is 0. The van der Waals surface area contributed by atoms with E-state index < -0.39 is 5.60 Å². The molecule has 25 heavy (non-hydrogen) atoms. The molecule has 8 heteroatoms. The number of β-amino-alcohol motifs (C(OH)–C–C–N with tert-alkyl or cyclic N) is 1.